The van der Waals surface area contributed by atoms with E-state index in [1.807, 2.05) is 20.8 Å². The molecule has 27 heavy (non-hydrogen) atoms. The highest BCUT2D eigenvalue weighted by Gasteiger charge is 2.42. The van der Waals surface area contributed by atoms with E-state index in [1.165, 1.54) is 22.9 Å². The van der Waals surface area contributed by atoms with Crippen molar-refractivity contribution in [2.75, 3.05) is 11.5 Å². The molecule has 1 aromatic heterocycles. The molecule has 2 aromatic rings. The first-order valence-electron chi connectivity index (χ1n) is 8.83. The zero-order chi connectivity index (χ0) is 20.0. The standard InChI is InChI=1S/C19H24N2O4S2/c1-6-9-26-25-18-14(10-20-21(18)5)17(22)13-7-8-15-16(12(13)2)19(3,4)11-27(15,23)24/h7-8,10H,6,9,11H2,1-5H3. The number of hydrogen-bond donors (Lipinski definition) is 0. The van der Waals surface area contributed by atoms with Crippen molar-refractivity contribution in [2.24, 2.45) is 7.05 Å². The summed E-state index contributed by atoms with van der Waals surface area (Å²) in [6.07, 6.45) is 2.46. The third kappa shape index (κ3) is 3.40. The van der Waals surface area contributed by atoms with Gasteiger partial charge in [-0.1, -0.05) is 20.8 Å². The molecule has 0 amide bonds. The SMILES string of the molecule is CCCSOc1c(C(=O)c2ccc3c(c2C)C(C)(C)CS3(=O)=O)cnn1C. The maximum absolute atomic E-state index is 13.2. The number of nitrogens with zero attached hydrogens (tertiary/aromatic N) is 2. The maximum atomic E-state index is 13.2. The Morgan fingerprint density at radius 3 is 2.70 bits per heavy atom. The van der Waals surface area contributed by atoms with Gasteiger partial charge in [0.1, 0.15) is 5.56 Å². The van der Waals surface area contributed by atoms with Gasteiger partial charge in [0.05, 0.1) is 28.9 Å². The van der Waals surface area contributed by atoms with Crippen molar-refractivity contribution in [1.82, 2.24) is 9.78 Å². The van der Waals surface area contributed by atoms with Gasteiger partial charge in [-0.25, -0.2) is 13.1 Å². The minimum atomic E-state index is -3.32. The topological polar surface area (TPSA) is 78.3 Å². The van der Waals surface area contributed by atoms with Crippen LogP contribution in [0.5, 0.6) is 5.88 Å². The molecule has 0 N–H and O–H groups in total. The quantitative estimate of drug-likeness (QED) is 0.414. The van der Waals surface area contributed by atoms with E-state index in [1.54, 1.807) is 19.2 Å². The number of carbonyl (C=O) groups excluding carboxylic acids is 1. The lowest BCUT2D eigenvalue weighted by Crippen LogP contribution is -2.21. The van der Waals surface area contributed by atoms with Crippen molar-refractivity contribution in [3.8, 4) is 5.88 Å². The van der Waals surface area contributed by atoms with Crippen LogP contribution in [0.1, 0.15) is 54.2 Å². The normalized spacial score (nSPS) is 16.9. The summed E-state index contributed by atoms with van der Waals surface area (Å²) in [6.45, 7) is 7.67. The molecule has 1 aromatic carbocycles. The smallest absolute Gasteiger partial charge is 0.237 e. The van der Waals surface area contributed by atoms with Gasteiger partial charge in [-0.3, -0.25) is 4.79 Å². The molecule has 8 heteroatoms. The number of aromatic nitrogens is 2. The van der Waals surface area contributed by atoms with E-state index in [4.69, 9.17) is 4.18 Å². The second-order valence-corrected chi connectivity index (χ2v) is 10.2. The minimum absolute atomic E-state index is 0.0583. The highest BCUT2D eigenvalue weighted by Crippen LogP contribution is 2.42. The van der Waals surface area contributed by atoms with Crippen LogP contribution in [0, 0.1) is 6.92 Å². The fourth-order valence-electron chi connectivity index (χ4n) is 3.66. The molecule has 0 atom stereocenters. The van der Waals surface area contributed by atoms with Crippen molar-refractivity contribution in [2.45, 2.75) is 44.4 Å². The van der Waals surface area contributed by atoms with E-state index in [-0.39, 0.29) is 11.5 Å². The van der Waals surface area contributed by atoms with Crippen LogP contribution in [-0.2, 0) is 22.3 Å². The molecule has 0 fully saturated rings. The number of rotatable bonds is 6. The first kappa shape index (κ1) is 19.9. The number of benzene rings is 1. The van der Waals surface area contributed by atoms with Crippen LogP contribution in [0.25, 0.3) is 0 Å². The van der Waals surface area contributed by atoms with E-state index in [0.29, 0.717) is 27.5 Å². The molecule has 0 radical (unpaired) electrons. The van der Waals surface area contributed by atoms with Crippen LogP contribution in [-0.4, -0.2) is 35.5 Å². The Morgan fingerprint density at radius 2 is 2.04 bits per heavy atom. The molecular weight excluding hydrogens is 384 g/mol. The highest BCUT2D eigenvalue weighted by molar-refractivity contribution is 7.95. The van der Waals surface area contributed by atoms with Gasteiger partial charge in [0.2, 0.25) is 5.88 Å². The van der Waals surface area contributed by atoms with E-state index in [0.717, 1.165) is 17.7 Å². The van der Waals surface area contributed by atoms with E-state index in [9.17, 15) is 13.2 Å². The second-order valence-electron chi connectivity index (χ2n) is 7.48. The van der Waals surface area contributed by atoms with Crippen LogP contribution in [0.4, 0.5) is 0 Å². The molecule has 0 unspecified atom stereocenters. The molecule has 6 nitrogen and oxygen atoms in total. The molecule has 0 spiro atoms. The maximum Gasteiger partial charge on any atom is 0.237 e. The minimum Gasteiger partial charge on any atom is -0.405 e. The van der Waals surface area contributed by atoms with Crippen LogP contribution in [0.3, 0.4) is 0 Å². The third-order valence-corrected chi connectivity index (χ3v) is 7.75. The third-order valence-electron chi connectivity index (χ3n) is 4.79. The van der Waals surface area contributed by atoms with E-state index in [2.05, 4.69) is 12.0 Å². The van der Waals surface area contributed by atoms with Gasteiger partial charge < -0.3 is 4.18 Å². The van der Waals surface area contributed by atoms with Crippen molar-refractivity contribution in [1.29, 1.82) is 0 Å². The summed E-state index contributed by atoms with van der Waals surface area (Å²) >= 11 is 1.28. The number of aryl methyl sites for hydroxylation is 1. The Kier molecular flexibility index (Phi) is 5.16. The van der Waals surface area contributed by atoms with Crippen molar-refractivity contribution < 1.29 is 17.4 Å². The largest absolute Gasteiger partial charge is 0.405 e. The first-order valence-corrected chi connectivity index (χ1v) is 11.4. The lowest BCUT2D eigenvalue weighted by atomic mass is 9.81. The summed E-state index contributed by atoms with van der Waals surface area (Å²) in [5.74, 6) is 1.06. The average Bonchev–Trinajstić information content (AvgIpc) is 3.02. The van der Waals surface area contributed by atoms with Crippen LogP contribution in [0.2, 0.25) is 0 Å². The fraction of sp³-hybridized carbons (Fsp3) is 0.474. The second kappa shape index (κ2) is 6.98. The van der Waals surface area contributed by atoms with Crippen LogP contribution < -0.4 is 4.18 Å². The molecule has 0 saturated heterocycles. The van der Waals surface area contributed by atoms with E-state index >= 15 is 0 Å². The zero-order valence-electron chi connectivity index (χ0n) is 16.2. The van der Waals surface area contributed by atoms with Crippen LogP contribution >= 0.6 is 12.0 Å². The van der Waals surface area contributed by atoms with Gasteiger partial charge in [0.25, 0.3) is 0 Å². The summed E-state index contributed by atoms with van der Waals surface area (Å²) in [5, 5.41) is 4.16. The highest BCUT2D eigenvalue weighted by atomic mass is 32.2. The zero-order valence-corrected chi connectivity index (χ0v) is 17.8. The summed E-state index contributed by atoms with van der Waals surface area (Å²) in [6, 6.07) is 3.16. The van der Waals surface area contributed by atoms with Crippen molar-refractivity contribution >= 4 is 27.7 Å². The molecule has 2 heterocycles. The van der Waals surface area contributed by atoms with Crippen LogP contribution in [0.15, 0.2) is 23.2 Å². The number of hydrogen-bond acceptors (Lipinski definition) is 6. The van der Waals surface area contributed by atoms with Gasteiger partial charge in [-0.2, -0.15) is 5.10 Å². The number of ketones is 1. The Hall–Kier alpha value is -1.80. The summed E-state index contributed by atoms with van der Waals surface area (Å²) < 4.78 is 32.1. The summed E-state index contributed by atoms with van der Waals surface area (Å²) in [4.78, 5) is 13.6. The average molecular weight is 409 g/mol. The van der Waals surface area contributed by atoms with Gasteiger partial charge in [-0.15, -0.1) is 0 Å². The Morgan fingerprint density at radius 1 is 1.33 bits per heavy atom. The van der Waals surface area contributed by atoms with Gasteiger partial charge in [0, 0.05) is 23.8 Å². The van der Waals surface area contributed by atoms with Crippen molar-refractivity contribution in [3.63, 3.8) is 0 Å². The Bertz CT molecular complexity index is 1010. The monoisotopic (exact) mass is 408 g/mol. The predicted octanol–water partition coefficient (Wildman–Crippen LogP) is 3.46. The predicted molar refractivity (Wildman–Crippen MR) is 106 cm³/mol. The molecule has 0 aliphatic carbocycles. The number of carbonyl (C=O) groups is 1. The molecule has 1 aliphatic heterocycles. The molecule has 3 rings (SSSR count). The lowest BCUT2D eigenvalue weighted by Gasteiger charge is -2.20. The number of sulfone groups is 1. The van der Waals surface area contributed by atoms with Crippen molar-refractivity contribution in [3.05, 3.63) is 40.6 Å². The molecule has 0 bridgehead atoms. The fourth-order valence-corrected chi connectivity index (χ4v) is 6.49. The molecule has 0 saturated carbocycles. The summed E-state index contributed by atoms with van der Waals surface area (Å²) in [7, 11) is -1.59. The van der Waals surface area contributed by atoms with E-state index < -0.39 is 15.3 Å². The molecule has 1 aliphatic rings. The molecule has 146 valence electrons. The molecular formula is C19H24N2O4S2. The lowest BCUT2D eigenvalue weighted by molar-refractivity contribution is 0.103. The first-order chi connectivity index (χ1) is 12.6. The Balaban J connectivity index is 2.06. The van der Waals surface area contributed by atoms with Gasteiger partial charge in [-0.05, 0) is 36.6 Å². The Labute approximate surface area is 164 Å². The van der Waals surface area contributed by atoms with Gasteiger partial charge in [0.15, 0.2) is 15.6 Å². The van der Waals surface area contributed by atoms with Gasteiger partial charge >= 0.3 is 0 Å². The summed E-state index contributed by atoms with van der Waals surface area (Å²) in [5.41, 5.74) is 1.78. The number of fused-ring (bicyclic) bond motifs is 1.